The Morgan fingerprint density at radius 2 is 1.78 bits per heavy atom. The van der Waals surface area contributed by atoms with E-state index in [9.17, 15) is 17.6 Å². The van der Waals surface area contributed by atoms with Gasteiger partial charge in [0, 0.05) is 17.8 Å². The van der Waals surface area contributed by atoms with Gasteiger partial charge in [0.1, 0.15) is 11.6 Å². The monoisotopic (exact) mass is 373 g/mol. The van der Waals surface area contributed by atoms with Crippen molar-refractivity contribution in [3.05, 3.63) is 66.1 Å². The highest BCUT2D eigenvalue weighted by atomic mass is 19.4. The van der Waals surface area contributed by atoms with Crippen molar-refractivity contribution in [2.75, 3.05) is 5.32 Å². The number of aromatic amines is 1. The molecule has 0 saturated heterocycles. The zero-order chi connectivity index (χ0) is 19.0. The SMILES string of the molecule is Fc1cc2nc(-c3ccc(C(F)(F)F)cc3)[nH]c2cc1Nc1cccnn1. The average molecular weight is 373 g/mol. The molecule has 0 fully saturated rings. The Hall–Kier alpha value is -3.49. The molecule has 0 aliphatic carbocycles. The van der Waals surface area contributed by atoms with Crippen molar-refractivity contribution in [3.63, 3.8) is 0 Å². The van der Waals surface area contributed by atoms with E-state index in [0.717, 1.165) is 12.1 Å². The van der Waals surface area contributed by atoms with Gasteiger partial charge in [-0.05, 0) is 30.3 Å². The van der Waals surface area contributed by atoms with E-state index in [1.807, 2.05) is 0 Å². The fourth-order valence-corrected chi connectivity index (χ4v) is 2.59. The molecule has 27 heavy (non-hydrogen) atoms. The first-order valence-corrected chi connectivity index (χ1v) is 7.82. The van der Waals surface area contributed by atoms with Gasteiger partial charge in [-0.25, -0.2) is 9.37 Å². The number of halogens is 4. The van der Waals surface area contributed by atoms with Gasteiger partial charge in [0.05, 0.1) is 22.3 Å². The Labute approximate surface area is 150 Å². The van der Waals surface area contributed by atoms with Crippen LogP contribution in [0.25, 0.3) is 22.4 Å². The van der Waals surface area contributed by atoms with Crippen LogP contribution in [0.5, 0.6) is 0 Å². The van der Waals surface area contributed by atoms with E-state index in [-0.39, 0.29) is 5.69 Å². The largest absolute Gasteiger partial charge is 0.416 e. The summed E-state index contributed by atoms with van der Waals surface area (Å²) in [6.45, 7) is 0. The molecular weight excluding hydrogens is 362 g/mol. The Kier molecular flexibility index (Phi) is 3.98. The van der Waals surface area contributed by atoms with Crippen LogP contribution >= 0.6 is 0 Å². The molecule has 2 aromatic heterocycles. The zero-order valence-corrected chi connectivity index (χ0v) is 13.5. The summed E-state index contributed by atoms with van der Waals surface area (Å²) in [5, 5.41) is 10.4. The topological polar surface area (TPSA) is 66.5 Å². The van der Waals surface area contributed by atoms with Crippen molar-refractivity contribution < 1.29 is 17.6 Å². The number of rotatable bonds is 3. The predicted molar refractivity (Wildman–Crippen MR) is 91.8 cm³/mol. The van der Waals surface area contributed by atoms with E-state index in [1.54, 1.807) is 12.1 Å². The molecule has 9 heteroatoms. The number of benzene rings is 2. The maximum atomic E-state index is 14.3. The smallest absolute Gasteiger partial charge is 0.338 e. The molecule has 2 aromatic carbocycles. The number of nitrogens with one attached hydrogen (secondary N) is 2. The summed E-state index contributed by atoms with van der Waals surface area (Å²) in [4.78, 5) is 7.24. The van der Waals surface area contributed by atoms with Gasteiger partial charge in [-0.3, -0.25) is 0 Å². The van der Waals surface area contributed by atoms with E-state index < -0.39 is 17.6 Å². The number of fused-ring (bicyclic) bond motifs is 1. The molecule has 0 unspecified atom stereocenters. The van der Waals surface area contributed by atoms with Crippen LogP contribution in [0.3, 0.4) is 0 Å². The molecule has 4 rings (SSSR count). The second kappa shape index (κ2) is 6.35. The van der Waals surface area contributed by atoms with Gasteiger partial charge >= 0.3 is 6.18 Å². The van der Waals surface area contributed by atoms with Gasteiger partial charge in [-0.2, -0.15) is 18.3 Å². The third-order valence-corrected chi connectivity index (χ3v) is 3.89. The van der Waals surface area contributed by atoms with Crippen LogP contribution in [-0.2, 0) is 6.18 Å². The molecule has 0 radical (unpaired) electrons. The van der Waals surface area contributed by atoms with E-state index in [1.165, 1.54) is 30.5 Å². The van der Waals surface area contributed by atoms with E-state index in [4.69, 9.17) is 0 Å². The minimum Gasteiger partial charge on any atom is -0.338 e. The first-order chi connectivity index (χ1) is 12.9. The predicted octanol–water partition coefficient (Wildman–Crippen LogP) is 4.92. The molecule has 0 saturated carbocycles. The molecule has 2 N–H and O–H groups in total. The van der Waals surface area contributed by atoms with Crippen molar-refractivity contribution in [1.29, 1.82) is 0 Å². The standard InChI is InChI=1S/C18H11F4N5/c19-12-8-14-15(9-13(12)24-16-2-1-7-23-27-16)26-17(25-14)10-3-5-11(6-4-10)18(20,21)22/h1-9H,(H,24,27)(H,25,26). The van der Waals surface area contributed by atoms with Gasteiger partial charge in [0.2, 0.25) is 0 Å². The minimum absolute atomic E-state index is 0.172. The maximum Gasteiger partial charge on any atom is 0.416 e. The summed E-state index contributed by atoms with van der Waals surface area (Å²) < 4.78 is 52.3. The lowest BCUT2D eigenvalue weighted by molar-refractivity contribution is -0.137. The summed E-state index contributed by atoms with van der Waals surface area (Å²) in [7, 11) is 0. The minimum atomic E-state index is -4.41. The van der Waals surface area contributed by atoms with Crippen molar-refractivity contribution in [2.45, 2.75) is 6.18 Å². The quantitative estimate of drug-likeness (QED) is 0.500. The first kappa shape index (κ1) is 17.0. The lowest BCUT2D eigenvalue weighted by Gasteiger charge is -2.06. The van der Waals surface area contributed by atoms with Crippen LogP contribution in [0.15, 0.2) is 54.7 Å². The van der Waals surface area contributed by atoms with Crippen LogP contribution in [0.4, 0.5) is 29.1 Å². The number of hydrogen-bond donors (Lipinski definition) is 2. The van der Waals surface area contributed by atoms with E-state index in [0.29, 0.717) is 28.2 Å². The lowest BCUT2D eigenvalue weighted by atomic mass is 10.1. The molecule has 5 nitrogen and oxygen atoms in total. The zero-order valence-electron chi connectivity index (χ0n) is 13.5. The molecule has 2 heterocycles. The highest BCUT2D eigenvalue weighted by molar-refractivity contribution is 5.83. The summed E-state index contributed by atoms with van der Waals surface area (Å²) in [6, 6.07) is 10.6. The van der Waals surface area contributed by atoms with Crippen LogP contribution < -0.4 is 5.32 Å². The number of anilines is 2. The number of imidazole rings is 1. The summed E-state index contributed by atoms with van der Waals surface area (Å²) in [5.74, 6) is 0.173. The summed E-state index contributed by atoms with van der Waals surface area (Å²) in [6.07, 6.45) is -2.91. The first-order valence-electron chi connectivity index (χ1n) is 7.82. The van der Waals surface area contributed by atoms with Crippen LogP contribution in [0, 0.1) is 5.82 Å². The fraction of sp³-hybridized carbons (Fsp3) is 0.0556. The molecule has 0 aliphatic heterocycles. The normalized spacial score (nSPS) is 11.7. The molecule has 0 atom stereocenters. The van der Waals surface area contributed by atoms with Crippen molar-refractivity contribution >= 4 is 22.5 Å². The number of hydrogen-bond acceptors (Lipinski definition) is 4. The fourth-order valence-electron chi connectivity index (χ4n) is 2.59. The molecule has 0 aliphatic rings. The van der Waals surface area contributed by atoms with Crippen LogP contribution in [0.2, 0.25) is 0 Å². The Bertz CT molecular complexity index is 1090. The Morgan fingerprint density at radius 1 is 1.00 bits per heavy atom. The molecule has 0 amide bonds. The second-order valence-corrected chi connectivity index (χ2v) is 5.74. The molecule has 4 aromatic rings. The average Bonchev–Trinajstić information content (AvgIpc) is 3.05. The third-order valence-electron chi connectivity index (χ3n) is 3.89. The number of aromatic nitrogens is 4. The third kappa shape index (κ3) is 3.43. The van der Waals surface area contributed by atoms with Gasteiger partial charge in [0.15, 0.2) is 5.82 Å². The molecular formula is C18H11F4N5. The number of nitrogens with zero attached hydrogens (tertiary/aromatic N) is 3. The van der Waals surface area contributed by atoms with Gasteiger partial charge in [-0.1, -0.05) is 12.1 Å². The number of alkyl halides is 3. The van der Waals surface area contributed by atoms with Crippen molar-refractivity contribution in [3.8, 4) is 11.4 Å². The van der Waals surface area contributed by atoms with E-state index in [2.05, 4.69) is 25.5 Å². The molecule has 136 valence electrons. The van der Waals surface area contributed by atoms with Crippen molar-refractivity contribution in [1.82, 2.24) is 20.2 Å². The summed E-state index contributed by atoms with van der Waals surface area (Å²) >= 11 is 0. The van der Waals surface area contributed by atoms with Crippen LogP contribution in [0.1, 0.15) is 5.56 Å². The van der Waals surface area contributed by atoms with Gasteiger partial charge in [-0.15, -0.1) is 5.10 Å². The highest BCUT2D eigenvalue weighted by Crippen LogP contribution is 2.31. The Morgan fingerprint density at radius 3 is 2.44 bits per heavy atom. The highest BCUT2D eigenvalue weighted by Gasteiger charge is 2.30. The maximum absolute atomic E-state index is 14.3. The van der Waals surface area contributed by atoms with Gasteiger partial charge in [0.25, 0.3) is 0 Å². The van der Waals surface area contributed by atoms with Crippen molar-refractivity contribution in [2.24, 2.45) is 0 Å². The second-order valence-electron chi connectivity index (χ2n) is 5.74. The van der Waals surface area contributed by atoms with Crippen LogP contribution in [-0.4, -0.2) is 20.2 Å². The lowest BCUT2D eigenvalue weighted by Crippen LogP contribution is -2.04. The molecule has 0 bridgehead atoms. The summed E-state index contributed by atoms with van der Waals surface area (Å²) in [5.41, 5.74) is 0.766. The molecule has 0 spiro atoms. The Balaban J connectivity index is 1.68. The van der Waals surface area contributed by atoms with E-state index >= 15 is 0 Å². The van der Waals surface area contributed by atoms with Gasteiger partial charge < -0.3 is 10.3 Å². The number of H-pyrrole nitrogens is 1.